The van der Waals surface area contributed by atoms with Crippen LogP contribution in [0.4, 0.5) is 18.3 Å². The van der Waals surface area contributed by atoms with Crippen LogP contribution in [0.2, 0.25) is 0 Å². The van der Waals surface area contributed by atoms with Crippen LogP contribution in [0.3, 0.4) is 0 Å². The third-order valence-corrected chi connectivity index (χ3v) is 3.73. The van der Waals surface area contributed by atoms with E-state index in [9.17, 15) is 22.8 Å². The van der Waals surface area contributed by atoms with Gasteiger partial charge in [0.15, 0.2) is 5.13 Å². The van der Waals surface area contributed by atoms with Crippen LogP contribution in [0.15, 0.2) is 30.3 Å². The molecule has 2 rings (SSSR count). The van der Waals surface area contributed by atoms with Crippen molar-refractivity contribution in [3.8, 4) is 0 Å². The zero-order chi connectivity index (χ0) is 17.0. The molecule has 1 amide bonds. The first-order valence-corrected chi connectivity index (χ1v) is 7.15. The number of thiazole rings is 1. The number of amides is 1. The number of aromatic nitrogens is 1. The largest absolute Gasteiger partial charge is 0.471 e. The topological polar surface area (TPSA) is 68.3 Å². The van der Waals surface area contributed by atoms with Crippen LogP contribution in [-0.4, -0.2) is 23.0 Å². The van der Waals surface area contributed by atoms with Crippen LogP contribution in [0, 0.1) is 6.92 Å². The van der Waals surface area contributed by atoms with Crippen LogP contribution < -0.4 is 5.32 Å². The van der Waals surface area contributed by atoms with E-state index in [1.54, 1.807) is 29.6 Å². The first-order chi connectivity index (χ1) is 10.8. The van der Waals surface area contributed by atoms with E-state index in [4.69, 9.17) is 4.74 Å². The van der Waals surface area contributed by atoms with Gasteiger partial charge < -0.3 is 4.74 Å². The number of halogens is 3. The lowest BCUT2D eigenvalue weighted by Gasteiger charge is -2.04. The molecular formula is C14H11F3N2O3S. The summed E-state index contributed by atoms with van der Waals surface area (Å²) >= 11 is 0.630. The predicted octanol–water partition coefficient (Wildman–Crippen LogP) is 3.31. The van der Waals surface area contributed by atoms with Crippen LogP contribution >= 0.6 is 11.3 Å². The second-order valence-corrected chi connectivity index (χ2v) is 5.45. The molecule has 0 aliphatic carbocycles. The molecule has 0 saturated carbocycles. The number of hydrogen-bond acceptors (Lipinski definition) is 5. The summed E-state index contributed by atoms with van der Waals surface area (Å²) < 4.78 is 41.6. The van der Waals surface area contributed by atoms with Crippen LogP contribution in [0.25, 0.3) is 0 Å². The summed E-state index contributed by atoms with van der Waals surface area (Å²) in [5.74, 6) is -2.85. The Balaban J connectivity index is 2.02. The molecule has 5 nitrogen and oxygen atoms in total. The van der Waals surface area contributed by atoms with E-state index in [2.05, 4.69) is 4.98 Å². The number of esters is 1. The number of hydrogen-bond donors (Lipinski definition) is 1. The predicted molar refractivity (Wildman–Crippen MR) is 77.1 cm³/mol. The third-order valence-electron chi connectivity index (χ3n) is 2.67. The molecule has 1 aromatic heterocycles. The van der Waals surface area contributed by atoms with Gasteiger partial charge in [0.05, 0.1) is 5.69 Å². The van der Waals surface area contributed by atoms with Crippen LogP contribution in [0.1, 0.15) is 20.9 Å². The summed E-state index contributed by atoms with van der Waals surface area (Å²) in [5, 5.41) is 1.30. The Morgan fingerprint density at radius 3 is 2.52 bits per heavy atom. The van der Waals surface area contributed by atoms with Gasteiger partial charge in [-0.25, -0.2) is 9.78 Å². The van der Waals surface area contributed by atoms with Gasteiger partial charge in [0, 0.05) is 0 Å². The van der Waals surface area contributed by atoms with E-state index in [0.29, 0.717) is 11.3 Å². The third kappa shape index (κ3) is 4.52. The Morgan fingerprint density at radius 2 is 1.91 bits per heavy atom. The van der Waals surface area contributed by atoms with Crippen LogP contribution in [0.5, 0.6) is 0 Å². The van der Waals surface area contributed by atoms with Gasteiger partial charge in [0.1, 0.15) is 11.5 Å². The molecule has 9 heteroatoms. The lowest BCUT2D eigenvalue weighted by Crippen LogP contribution is -2.29. The summed E-state index contributed by atoms with van der Waals surface area (Å²) in [6.07, 6.45) is -5.02. The molecule has 2 aromatic rings. The highest BCUT2D eigenvalue weighted by Gasteiger charge is 2.39. The molecule has 0 aliphatic heterocycles. The number of carbonyl (C=O) groups excluding carboxylic acids is 2. The van der Waals surface area contributed by atoms with Crippen molar-refractivity contribution in [3.05, 3.63) is 46.5 Å². The average molecular weight is 344 g/mol. The molecule has 1 aromatic carbocycles. The first kappa shape index (κ1) is 16.9. The number of alkyl halides is 3. The van der Waals surface area contributed by atoms with Crippen molar-refractivity contribution in [1.82, 2.24) is 4.98 Å². The molecule has 0 unspecified atom stereocenters. The van der Waals surface area contributed by atoms with Gasteiger partial charge in [-0.2, -0.15) is 13.2 Å². The van der Waals surface area contributed by atoms with Gasteiger partial charge >= 0.3 is 18.1 Å². The fraction of sp³-hybridized carbons (Fsp3) is 0.214. The monoisotopic (exact) mass is 344 g/mol. The highest BCUT2D eigenvalue weighted by molar-refractivity contribution is 7.17. The van der Waals surface area contributed by atoms with Crippen molar-refractivity contribution < 1.29 is 27.5 Å². The average Bonchev–Trinajstić information content (AvgIpc) is 2.85. The molecule has 0 fully saturated rings. The zero-order valence-corrected chi connectivity index (χ0v) is 12.6. The van der Waals surface area contributed by atoms with Gasteiger partial charge in [-0.15, -0.1) is 0 Å². The molecule has 0 radical (unpaired) electrons. The van der Waals surface area contributed by atoms with E-state index in [0.717, 1.165) is 5.56 Å². The molecule has 0 aliphatic rings. The number of rotatable bonds is 4. The number of carbonyl (C=O) groups is 2. The number of benzene rings is 1. The maximum atomic E-state index is 12.2. The Kier molecular flexibility index (Phi) is 4.99. The Bertz CT molecular complexity index is 714. The minimum absolute atomic E-state index is 0.0290. The molecule has 0 spiro atoms. The van der Waals surface area contributed by atoms with Crippen molar-refractivity contribution in [3.63, 3.8) is 0 Å². The van der Waals surface area contributed by atoms with E-state index in [-0.39, 0.29) is 22.3 Å². The minimum atomic E-state index is -5.02. The maximum Gasteiger partial charge on any atom is 0.471 e. The van der Waals surface area contributed by atoms with E-state index >= 15 is 0 Å². The first-order valence-electron chi connectivity index (χ1n) is 6.34. The normalized spacial score (nSPS) is 11.1. The van der Waals surface area contributed by atoms with Gasteiger partial charge in [0.2, 0.25) is 0 Å². The lowest BCUT2D eigenvalue weighted by molar-refractivity contribution is -0.167. The van der Waals surface area contributed by atoms with Gasteiger partial charge in [0.25, 0.3) is 0 Å². The van der Waals surface area contributed by atoms with Crippen molar-refractivity contribution in [2.75, 3.05) is 5.32 Å². The maximum absolute atomic E-state index is 12.2. The number of ether oxygens (including phenoxy) is 1. The van der Waals surface area contributed by atoms with Crippen molar-refractivity contribution in [2.24, 2.45) is 0 Å². The lowest BCUT2D eigenvalue weighted by atomic mass is 10.2. The number of nitrogens with one attached hydrogen (secondary N) is 1. The Labute approximate surface area is 133 Å². The quantitative estimate of drug-likeness (QED) is 0.864. The molecule has 1 heterocycles. The zero-order valence-electron chi connectivity index (χ0n) is 11.8. The van der Waals surface area contributed by atoms with Crippen molar-refractivity contribution in [1.29, 1.82) is 0 Å². The second-order valence-electron chi connectivity index (χ2n) is 4.45. The van der Waals surface area contributed by atoms with Gasteiger partial charge in [-0.3, -0.25) is 10.1 Å². The molecule has 1 N–H and O–H groups in total. The highest BCUT2D eigenvalue weighted by atomic mass is 32.1. The fourth-order valence-corrected chi connectivity index (χ4v) is 2.45. The van der Waals surface area contributed by atoms with Gasteiger partial charge in [-0.1, -0.05) is 41.7 Å². The summed E-state index contributed by atoms with van der Waals surface area (Å²) in [6.45, 7) is 1.47. The van der Waals surface area contributed by atoms with Crippen LogP contribution in [-0.2, 0) is 16.1 Å². The SMILES string of the molecule is Cc1nc(NC(=O)C(F)(F)F)sc1C(=O)OCc1ccccc1. The number of anilines is 1. The summed E-state index contributed by atoms with van der Waals surface area (Å²) in [5.41, 5.74) is 0.958. The molecule has 23 heavy (non-hydrogen) atoms. The van der Waals surface area contributed by atoms with Gasteiger partial charge in [-0.05, 0) is 12.5 Å². The smallest absolute Gasteiger partial charge is 0.457 e. The fourth-order valence-electron chi connectivity index (χ4n) is 1.60. The Morgan fingerprint density at radius 1 is 1.26 bits per heavy atom. The standard InChI is InChI=1S/C14H11F3N2O3S/c1-8-10(11(20)22-7-9-5-3-2-4-6-9)23-13(18-8)19-12(21)14(15,16)17/h2-6H,7H2,1H3,(H,18,19,21). The molecule has 0 bridgehead atoms. The summed E-state index contributed by atoms with van der Waals surface area (Å²) in [7, 11) is 0. The number of nitrogens with zero attached hydrogens (tertiary/aromatic N) is 1. The molecular weight excluding hydrogens is 333 g/mol. The molecule has 122 valence electrons. The van der Waals surface area contributed by atoms with E-state index in [1.807, 2.05) is 6.07 Å². The second kappa shape index (κ2) is 6.78. The van der Waals surface area contributed by atoms with Crippen molar-refractivity contribution >= 4 is 28.3 Å². The Hall–Kier alpha value is -2.42. The highest BCUT2D eigenvalue weighted by Crippen LogP contribution is 2.26. The number of aryl methyl sites for hydroxylation is 1. The summed E-state index contributed by atoms with van der Waals surface area (Å²) in [6, 6.07) is 8.91. The summed E-state index contributed by atoms with van der Waals surface area (Å²) in [4.78, 5) is 26.6. The molecule has 0 saturated heterocycles. The van der Waals surface area contributed by atoms with Crippen molar-refractivity contribution in [2.45, 2.75) is 19.7 Å². The minimum Gasteiger partial charge on any atom is -0.457 e. The van der Waals surface area contributed by atoms with E-state index < -0.39 is 18.1 Å². The van der Waals surface area contributed by atoms with E-state index in [1.165, 1.54) is 6.92 Å². The molecule has 0 atom stereocenters.